The number of aryl methyl sites for hydroxylation is 1. The molecule has 0 saturated carbocycles. The number of unbranched alkanes of at least 4 members (excludes halogenated alkanes) is 2. The number of ether oxygens (including phenoxy) is 17. The second-order valence-electron chi connectivity index (χ2n) is 38.2. The second-order valence-corrected chi connectivity index (χ2v) is 41.4. The first-order valence-corrected chi connectivity index (χ1v) is 51.8. The molecule has 0 aromatic carbocycles. The number of carboxylic acid groups (broad SMARTS) is 2. The topological polar surface area (TPSA) is 772 Å². The molecule has 145 heavy (non-hydrogen) atoms. The maximum Gasteiger partial charge on any atom is 0.307 e. The summed E-state index contributed by atoms with van der Waals surface area (Å²) < 4.78 is 99.3. The van der Waals surface area contributed by atoms with Crippen LogP contribution in [-0.4, -0.2) is 481 Å². The predicted molar refractivity (Wildman–Crippen MR) is 502 cm³/mol. The number of hydrogen-bond donors (Lipinski definition) is 24. The molecule has 1 aromatic heterocycles. The van der Waals surface area contributed by atoms with Gasteiger partial charge in [0.05, 0.1) is 124 Å². The lowest BCUT2D eigenvalue weighted by atomic mass is 9.73. The van der Waals surface area contributed by atoms with Gasteiger partial charge in [0.1, 0.15) is 182 Å². The van der Waals surface area contributed by atoms with Crippen molar-refractivity contribution in [3.63, 3.8) is 0 Å². The van der Waals surface area contributed by atoms with Crippen molar-refractivity contribution in [1.29, 1.82) is 0 Å². The summed E-state index contributed by atoms with van der Waals surface area (Å²) in [7, 11) is 0. The number of hydrogen-bond acceptors (Lipinski definition) is 49. The number of nitrogens with zero attached hydrogens (tertiary/aromatic N) is 1. The van der Waals surface area contributed by atoms with Gasteiger partial charge in [0.25, 0.3) is 0 Å². The van der Waals surface area contributed by atoms with Crippen molar-refractivity contribution in [3.05, 3.63) is 45.5 Å². The minimum Gasteiger partial charge on any atom is -0.481 e. The smallest absolute Gasteiger partial charge is 0.307 e. The third kappa shape index (κ3) is 33.3. The van der Waals surface area contributed by atoms with Gasteiger partial charge in [-0.3, -0.25) is 33.6 Å². The lowest BCUT2D eigenvalue weighted by Gasteiger charge is -2.50. The van der Waals surface area contributed by atoms with Crippen LogP contribution in [0.4, 0.5) is 0 Å². The average Bonchev–Trinajstić information content (AvgIpc) is 0.839. The lowest BCUT2D eigenvalue weighted by Crippen LogP contribution is -2.68. The van der Waals surface area contributed by atoms with Crippen molar-refractivity contribution in [1.82, 2.24) is 10.3 Å². The summed E-state index contributed by atoms with van der Waals surface area (Å²) in [6.45, 7) is 11.2. The Labute approximate surface area is 850 Å². The van der Waals surface area contributed by atoms with Gasteiger partial charge in [-0.2, -0.15) is 23.5 Å². The molecule has 23 rings (SSSR count). The van der Waals surface area contributed by atoms with E-state index in [4.69, 9.17) is 86.3 Å². The summed E-state index contributed by atoms with van der Waals surface area (Å²) in [4.78, 5) is 93.0. The van der Waals surface area contributed by atoms with E-state index in [1.807, 2.05) is 51.3 Å². The van der Waals surface area contributed by atoms with E-state index in [9.17, 15) is 146 Å². The SMILES string of the molecule is C/C1=C/C[C@@H](/C(C)=C/c2csc(C)n2)NC(=O)C[C@H](O)C(C)(C)C(=O)[C@H](C)[C@@H](OC(=O)CCCCCN)[C@@H](C)/C=C\C1.CCC(CSCC1O[C@H]2O[C@@H]3C(CO)O[C@@H](O[C@@H]4C(CO)O[C@H](O[C@@H]5C(CO)O[C@H](O[C@@H]6C(CSCC(CC(=O)CCOCCOCCC(C)=O)C(=O)O)O[C@H](O[C@@H]7C(CO)O[C@H](O[C@@H]8C(CO)O[C@H](O[C@H]1[C@H](O)C2O)C(O)[C@H]8O)C(O)[C@H]7O)C(O)[C@H]6O)C(O)[C@H]5O)C(O)[C@H]4O)C(O)[C@H]3O)C(=O)O. The number of thioether (sulfide) groups is 2. The summed E-state index contributed by atoms with van der Waals surface area (Å²) in [5, 5.41) is 254. The molecule has 21 saturated heterocycles. The Kier molecular flexibility index (Phi) is 50.1. The third-order valence-electron chi connectivity index (χ3n) is 26.9. The first-order chi connectivity index (χ1) is 68.8. The van der Waals surface area contributed by atoms with Crippen molar-refractivity contribution < 1.29 is 226 Å². The molecule has 0 aliphatic carbocycles. The Hall–Kier alpha value is -5.04. The Bertz CT molecular complexity index is 4250. The molecule has 22 aliphatic heterocycles. The van der Waals surface area contributed by atoms with Crippen LogP contribution in [0.25, 0.3) is 6.08 Å². The zero-order chi connectivity index (χ0) is 107. The highest BCUT2D eigenvalue weighted by Gasteiger charge is 2.61. The molecule has 25 N–H and O–H groups in total. The molecular formula is C93H149N3O46S3. The number of aromatic nitrogens is 1. The molecule has 49 nitrogen and oxygen atoms in total. The monoisotopic (exact) mass is 2140 g/mol. The number of allylic oxidation sites excluding steroid dienone is 2. The first-order valence-electron chi connectivity index (χ1n) is 48.6. The standard InChI is InChI=1S/C60H98O41S2.C33H51N3O5S/c1-3-21(52(82)83)16-102-18-29-50-36(73)43(80)59(93-29)98-48-27(14-64)89-55(39(76)32(48)69)95-45-24(11-61)88-54(38(75)31(45)68)96-46-26(13-63)92-58(42(79)35(46)72)101-51-30(19-103-17-22(53(84)85)10-23(67)5-7-87-9-8-86-6-4-20(2)66)94-60(44(81)37(51)74)99-49-28(15-65)90-56(40(77)33(49)70)97-47-25(12-62)91-57(100-50)41(78)34(47)71;1-21-12-11-13-22(2)31(41-30(39)14-9-8-10-17-34)24(4)32(40)33(6,7)28(37)19-29(38)36-27(16-15-21)23(3)18-26-20-42-25(5)35-26/h21-22,24-51,54-65,68-81H,3-19H2,1-2H3,(H,82,83)(H,84,85);11,13,15,18,20,22,24,27-28,31,37H,8-10,12,14,16-17,19,34H2,1-7H3,(H,36,38)/b;13-11-,21-15-,23-18+/t21?,22?,24?,25?,26?,27?,28?,29?,30?,31-,32-,33-,34-,35-,36-,37-,38?,39?,40?,41?,42?,43?,44?,45-,46-,47-,48-,49-,50-,51-,54-,55+,56-,57-,58-,59+,60-;22-,24+,27-,28-,31-/m10/s1. The fraction of sp³-hybridized carbons (Fsp3) is 0.828. The molecule has 23 heterocycles. The number of nitrogens with two attached hydrogens (primary N) is 1. The number of thiazole rings is 1. The quantitative estimate of drug-likeness (QED) is 0.0171. The number of carboxylic acids is 2. The number of aliphatic hydroxyl groups is 20. The highest BCUT2D eigenvalue weighted by atomic mass is 32.2. The van der Waals surface area contributed by atoms with Crippen LogP contribution in [0, 0.1) is 36.0 Å². The molecule has 14 bridgehead atoms. The number of amides is 1. The minimum absolute atomic E-state index is 0.0656. The van der Waals surface area contributed by atoms with Gasteiger partial charge in [-0.1, -0.05) is 64.8 Å². The number of carbonyl (C=O) groups excluding carboxylic acids is 5. The van der Waals surface area contributed by atoms with E-state index in [1.165, 1.54) is 6.92 Å². The van der Waals surface area contributed by atoms with Gasteiger partial charge in [0.2, 0.25) is 5.91 Å². The number of ketones is 3. The zero-order valence-corrected chi connectivity index (χ0v) is 84.6. The minimum atomic E-state index is -2.31. The number of esters is 1. The fourth-order valence-corrected chi connectivity index (χ4v) is 20.9. The van der Waals surface area contributed by atoms with Gasteiger partial charge in [0.15, 0.2) is 44.0 Å². The molecule has 22 aliphatic rings. The number of aliphatic hydroxyl groups excluding tert-OH is 20. The largest absolute Gasteiger partial charge is 0.481 e. The van der Waals surface area contributed by atoms with Gasteiger partial charge in [-0.25, -0.2) is 4.98 Å². The molecule has 1 amide bonds. The van der Waals surface area contributed by atoms with E-state index < -0.39 is 313 Å². The fourth-order valence-electron chi connectivity index (χ4n) is 17.9. The molecule has 42 atom stereocenters. The lowest BCUT2D eigenvalue weighted by molar-refractivity contribution is -0.395. The Morgan fingerprint density at radius 1 is 0.517 bits per heavy atom. The highest BCUT2D eigenvalue weighted by molar-refractivity contribution is 7.99. The van der Waals surface area contributed by atoms with Crippen LogP contribution in [0.3, 0.4) is 0 Å². The Balaban J connectivity index is 0.000000465. The predicted octanol–water partition coefficient (Wildman–Crippen LogP) is -5.89. The van der Waals surface area contributed by atoms with E-state index in [0.717, 1.165) is 58.2 Å². The molecule has 0 radical (unpaired) electrons. The molecule has 21 fully saturated rings. The summed E-state index contributed by atoms with van der Waals surface area (Å²) in [6, 6.07) is -0.288. The first kappa shape index (κ1) is 123. The van der Waals surface area contributed by atoms with Gasteiger partial charge >= 0.3 is 17.9 Å². The van der Waals surface area contributed by atoms with Gasteiger partial charge < -0.3 is 204 Å². The number of Topliss-reactive ketones (excluding diaryl/α,β-unsaturated/α-hetero) is 3. The van der Waals surface area contributed by atoms with Crippen molar-refractivity contribution in [2.45, 2.75) is 366 Å². The number of aliphatic carboxylic acids is 2. The molecule has 1 aromatic rings. The van der Waals surface area contributed by atoms with Crippen LogP contribution in [0.5, 0.6) is 0 Å². The molecule has 0 spiro atoms. The van der Waals surface area contributed by atoms with Crippen LogP contribution in [0.1, 0.15) is 137 Å². The maximum absolute atomic E-state index is 13.8. The summed E-state index contributed by atoms with van der Waals surface area (Å²) in [6.07, 6.45) is -62.8. The Morgan fingerprint density at radius 2 is 0.890 bits per heavy atom. The van der Waals surface area contributed by atoms with Crippen LogP contribution in [-0.2, 0) is 114 Å². The molecule has 830 valence electrons. The van der Waals surface area contributed by atoms with Crippen molar-refractivity contribution >= 4 is 82.1 Å². The Morgan fingerprint density at radius 3 is 1.24 bits per heavy atom. The summed E-state index contributed by atoms with van der Waals surface area (Å²) in [5.41, 5.74) is 7.25. The van der Waals surface area contributed by atoms with Crippen LogP contribution < -0.4 is 11.1 Å². The van der Waals surface area contributed by atoms with Crippen molar-refractivity contribution in [3.8, 4) is 0 Å². The molecule has 52 heteroatoms. The van der Waals surface area contributed by atoms with Crippen LogP contribution in [0.15, 0.2) is 34.8 Å². The second kappa shape index (κ2) is 58.9. The summed E-state index contributed by atoms with van der Waals surface area (Å²) >= 11 is 3.30. The van der Waals surface area contributed by atoms with Crippen molar-refractivity contribution in [2.24, 2.45) is 34.8 Å². The van der Waals surface area contributed by atoms with Crippen LogP contribution >= 0.6 is 34.9 Å². The van der Waals surface area contributed by atoms with E-state index in [2.05, 4.69) is 16.4 Å². The maximum atomic E-state index is 13.8. The van der Waals surface area contributed by atoms with Crippen LogP contribution in [0.2, 0.25) is 0 Å². The summed E-state index contributed by atoms with van der Waals surface area (Å²) in [5.74, 6) is -8.59. The van der Waals surface area contributed by atoms with Crippen molar-refractivity contribution in [2.75, 3.05) is 89.0 Å². The molecular weight excluding hydrogens is 1990 g/mol. The molecule has 16 unspecified atom stereocenters. The average molecular weight is 2140 g/mol. The van der Waals surface area contributed by atoms with E-state index in [-0.39, 0.29) is 111 Å². The highest BCUT2D eigenvalue weighted by Crippen LogP contribution is 2.42. The van der Waals surface area contributed by atoms with Gasteiger partial charge in [-0.15, -0.1) is 11.3 Å². The van der Waals surface area contributed by atoms with E-state index in [1.54, 1.807) is 39.0 Å². The number of nitrogens with one attached hydrogen (secondary N) is 1. The van der Waals surface area contributed by atoms with Gasteiger partial charge in [-0.05, 0) is 78.0 Å². The third-order valence-corrected chi connectivity index (χ3v) is 30.1. The van der Waals surface area contributed by atoms with E-state index >= 15 is 0 Å². The normalized spacial score (nSPS) is 40.1. The van der Waals surface area contributed by atoms with E-state index in [0.29, 0.717) is 25.8 Å². The zero-order valence-electron chi connectivity index (χ0n) is 82.2. The number of carbonyl (C=O) groups is 7. The van der Waals surface area contributed by atoms with Gasteiger partial charge in [0, 0.05) is 60.0 Å². The number of rotatable bonds is 35.